The minimum absolute atomic E-state index is 0.0929. The second-order valence-electron chi connectivity index (χ2n) is 15.5. The number of aryl methyl sites for hydroxylation is 2. The number of imide groups is 1. The van der Waals surface area contributed by atoms with Crippen molar-refractivity contribution in [2.75, 3.05) is 77.0 Å². The molecule has 1 saturated heterocycles. The normalized spacial score (nSPS) is 13.2. The van der Waals surface area contributed by atoms with Crippen molar-refractivity contribution in [3.05, 3.63) is 81.4 Å². The molecule has 2 aromatic carbocycles. The van der Waals surface area contributed by atoms with Crippen molar-refractivity contribution in [2.24, 2.45) is 0 Å². The van der Waals surface area contributed by atoms with Gasteiger partial charge in [-0.1, -0.05) is 12.1 Å². The number of piperazine rings is 1. The van der Waals surface area contributed by atoms with E-state index in [9.17, 15) is 33.2 Å². The van der Waals surface area contributed by atoms with E-state index in [1.807, 2.05) is 33.6 Å². The third kappa shape index (κ3) is 17.5. The number of nitrogen functional groups attached to an aromatic ring is 1. The van der Waals surface area contributed by atoms with Gasteiger partial charge in [0.2, 0.25) is 24.6 Å². The van der Waals surface area contributed by atoms with Crippen molar-refractivity contribution < 1.29 is 38.0 Å². The molecule has 1 aromatic heterocycles. The third-order valence-corrected chi connectivity index (χ3v) is 11.1. The van der Waals surface area contributed by atoms with E-state index in [1.54, 1.807) is 6.07 Å². The molecule has 1 unspecified atom stereocenters. The number of aromatic amines is 1. The number of nitrogens with one attached hydrogen (secondary N) is 5. The molecule has 1 fully saturated rings. The topological polar surface area (TPSA) is 219 Å². The van der Waals surface area contributed by atoms with Gasteiger partial charge in [0.15, 0.2) is 0 Å². The molecular weight excluding hydrogens is 822 g/mol. The van der Waals surface area contributed by atoms with Gasteiger partial charge in [-0.05, 0) is 119 Å². The van der Waals surface area contributed by atoms with E-state index < -0.39 is 11.9 Å². The van der Waals surface area contributed by atoms with E-state index in [0.29, 0.717) is 47.5 Å². The highest BCUT2D eigenvalue weighted by atomic mass is 19.1. The van der Waals surface area contributed by atoms with Crippen LogP contribution in [0.5, 0.6) is 0 Å². The molecular formula is C47H68FN9O7. The number of hydrogen-bond acceptors (Lipinski definition) is 11. The summed E-state index contributed by atoms with van der Waals surface area (Å²) >= 11 is 0. The maximum atomic E-state index is 13.8. The van der Waals surface area contributed by atoms with Gasteiger partial charge >= 0.3 is 0 Å². The molecule has 1 aliphatic rings. The number of aromatic nitrogens is 1. The first kappa shape index (κ1) is 53.9. The molecule has 7 N–H and O–H groups in total. The first-order valence-electron chi connectivity index (χ1n) is 21.6. The number of anilines is 2. The molecule has 5 amide bonds. The highest BCUT2D eigenvalue weighted by Crippen LogP contribution is 2.27. The SMILES string of the molecule is C/C(=C\c1[nH]c(C)c(C(=O)NCCCN2CCN(CCNC(=O)CCCCNc3cccc(C)c3C)CC2)c1C)c1cc(F)ccc1N.C=O.CNC(=O)C(CCC=O)N(C=O)C=O. The van der Waals surface area contributed by atoms with E-state index >= 15 is 0 Å². The van der Waals surface area contributed by atoms with Gasteiger partial charge in [0.05, 0.1) is 5.56 Å². The summed E-state index contributed by atoms with van der Waals surface area (Å²) in [4.78, 5) is 84.3. The fraction of sp³-hybridized carbons (Fsp3) is 0.468. The number of allylic oxidation sites excluding steroid dienone is 1. The zero-order valence-corrected chi connectivity index (χ0v) is 38.3. The second-order valence-corrected chi connectivity index (χ2v) is 15.5. The third-order valence-electron chi connectivity index (χ3n) is 11.1. The molecule has 1 atom stereocenters. The van der Waals surface area contributed by atoms with E-state index in [0.717, 1.165) is 87.6 Å². The average molecular weight is 890 g/mol. The lowest BCUT2D eigenvalue weighted by molar-refractivity contribution is -0.140. The maximum absolute atomic E-state index is 13.8. The number of hydrogen-bond donors (Lipinski definition) is 6. The lowest BCUT2D eigenvalue weighted by Gasteiger charge is -2.34. The summed E-state index contributed by atoms with van der Waals surface area (Å²) in [5.74, 6) is -0.770. The minimum Gasteiger partial charge on any atom is -0.398 e. The Hall–Kier alpha value is -6.20. The average Bonchev–Trinajstić information content (AvgIpc) is 3.57. The Labute approximate surface area is 376 Å². The molecule has 2 heterocycles. The van der Waals surface area contributed by atoms with E-state index in [4.69, 9.17) is 10.5 Å². The monoisotopic (exact) mass is 890 g/mol. The Balaban J connectivity index is 0.000000750. The number of halogens is 1. The molecule has 1 aliphatic heterocycles. The van der Waals surface area contributed by atoms with Crippen molar-refractivity contribution in [2.45, 2.75) is 79.2 Å². The summed E-state index contributed by atoms with van der Waals surface area (Å²) in [5, 5.41) is 12.0. The van der Waals surface area contributed by atoms with Crippen LogP contribution >= 0.6 is 0 Å². The Bertz CT molecular complexity index is 2010. The standard InChI is InChI=1S/C38H54FN7O2.C8H12N2O4.CH2O/c1-26-10-8-11-34(28(26)3)41-15-7-6-12-36(47)42-17-19-46-22-20-45(21-23-46)18-9-16-43-38(48)37-29(4)35(44-30(37)5)24-27(2)32-25-31(39)13-14-33(32)40;1-9-8(14)7(3-2-4-11)10(5-12)6-13;1-2/h8,10-11,13-14,24-25,41,44H,6-7,9,12,15-23,40H2,1-5H3,(H,42,47)(H,43,48);4-7H,2-3H2,1H3,(H,9,14);1H2/b27-24+;;. The number of aldehydes is 1. The van der Waals surface area contributed by atoms with Crippen LogP contribution in [0.4, 0.5) is 15.8 Å². The molecule has 0 radical (unpaired) electrons. The van der Waals surface area contributed by atoms with Gasteiger partial charge in [0.25, 0.3) is 5.91 Å². The van der Waals surface area contributed by atoms with Crippen molar-refractivity contribution in [3.8, 4) is 0 Å². The van der Waals surface area contributed by atoms with Crippen LogP contribution in [0.1, 0.15) is 89.4 Å². The van der Waals surface area contributed by atoms with Gasteiger partial charge in [-0.25, -0.2) is 4.39 Å². The zero-order valence-electron chi connectivity index (χ0n) is 38.3. The van der Waals surface area contributed by atoms with Gasteiger partial charge in [-0.2, -0.15) is 0 Å². The fourth-order valence-corrected chi connectivity index (χ4v) is 7.25. The fourth-order valence-electron chi connectivity index (χ4n) is 7.25. The van der Waals surface area contributed by atoms with Crippen LogP contribution in [-0.4, -0.2) is 135 Å². The highest BCUT2D eigenvalue weighted by molar-refractivity contribution is 5.98. The minimum atomic E-state index is -0.903. The number of carbonyl (C=O) groups is 7. The molecule has 0 spiro atoms. The molecule has 4 rings (SSSR count). The van der Waals surface area contributed by atoms with Crippen LogP contribution in [0.2, 0.25) is 0 Å². The summed E-state index contributed by atoms with van der Waals surface area (Å²) in [6.07, 6.45) is 6.59. The maximum Gasteiger partial charge on any atom is 0.253 e. The molecule has 0 aliphatic carbocycles. The summed E-state index contributed by atoms with van der Waals surface area (Å²) in [7, 11) is 1.39. The van der Waals surface area contributed by atoms with Gasteiger partial charge in [-0.3, -0.25) is 33.8 Å². The van der Waals surface area contributed by atoms with Crippen molar-refractivity contribution in [1.29, 1.82) is 0 Å². The van der Waals surface area contributed by atoms with Gasteiger partial charge in [0.1, 0.15) is 24.9 Å². The summed E-state index contributed by atoms with van der Waals surface area (Å²) in [6.45, 7) is 19.8. The Morgan fingerprint density at radius 3 is 2.20 bits per heavy atom. The second kappa shape index (κ2) is 29.2. The Kier molecular flexibility index (Phi) is 24.6. The molecule has 350 valence electrons. The van der Waals surface area contributed by atoms with E-state index in [1.165, 1.54) is 36.0 Å². The largest absolute Gasteiger partial charge is 0.398 e. The lowest BCUT2D eigenvalue weighted by Crippen LogP contribution is -2.48. The number of carbonyl (C=O) groups excluding carboxylic acids is 7. The molecule has 64 heavy (non-hydrogen) atoms. The number of likely N-dealkylation sites (N-methyl/N-ethyl adjacent to an activating group) is 1. The van der Waals surface area contributed by atoms with E-state index in [-0.39, 0.29) is 43.3 Å². The number of rotatable bonds is 23. The van der Waals surface area contributed by atoms with Gasteiger partial charge in [0, 0.05) is 101 Å². The van der Waals surface area contributed by atoms with Crippen LogP contribution in [0.15, 0.2) is 36.4 Å². The summed E-state index contributed by atoms with van der Waals surface area (Å²) in [5.41, 5.74) is 14.9. The van der Waals surface area contributed by atoms with Crippen LogP contribution in [0.3, 0.4) is 0 Å². The van der Waals surface area contributed by atoms with Crippen molar-refractivity contribution >= 4 is 66.6 Å². The summed E-state index contributed by atoms with van der Waals surface area (Å²) < 4.78 is 13.8. The summed E-state index contributed by atoms with van der Waals surface area (Å²) in [6, 6.07) is 9.73. The molecule has 0 bridgehead atoms. The Morgan fingerprint density at radius 2 is 1.56 bits per heavy atom. The number of unbranched alkanes of at least 4 members (excludes halogenated alkanes) is 1. The number of nitrogens with zero attached hydrogens (tertiary/aromatic N) is 3. The number of benzene rings is 2. The molecule has 0 saturated carbocycles. The van der Waals surface area contributed by atoms with Crippen LogP contribution in [0, 0.1) is 33.5 Å². The van der Waals surface area contributed by atoms with Crippen molar-refractivity contribution in [1.82, 2.24) is 35.6 Å². The molecule has 17 heteroatoms. The van der Waals surface area contributed by atoms with Gasteiger partial charge in [-0.15, -0.1) is 0 Å². The highest BCUT2D eigenvalue weighted by Gasteiger charge is 2.23. The van der Waals surface area contributed by atoms with Gasteiger partial charge < -0.3 is 46.5 Å². The first-order valence-corrected chi connectivity index (χ1v) is 21.6. The quantitative estimate of drug-likeness (QED) is 0.0451. The first-order chi connectivity index (χ1) is 30.7. The van der Waals surface area contributed by atoms with Crippen molar-refractivity contribution in [3.63, 3.8) is 0 Å². The molecule has 3 aromatic rings. The predicted octanol–water partition coefficient (Wildman–Crippen LogP) is 4.18. The predicted molar refractivity (Wildman–Crippen MR) is 250 cm³/mol. The van der Waals surface area contributed by atoms with Crippen LogP contribution in [-0.2, 0) is 28.8 Å². The lowest BCUT2D eigenvalue weighted by atomic mass is 10.0. The number of nitrogens with two attached hydrogens (primary N) is 1. The Morgan fingerprint density at radius 1 is 0.891 bits per heavy atom. The number of H-pyrrole nitrogens is 1. The van der Waals surface area contributed by atoms with Crippen LogP contribution < -0.4 is 27.0 Å². The van der Waals surface area contributed by atoms with Crippen LogP contribution in [0.25, 0.3) is 11.6 Å². The number of amides is 5. The van der Waals surface area contributed by atoms with E-state index in [2.05, 4.69) is 68.1 Å². The zero-order chi connectivity index (χ0) is 47.6. The smallest absolute Gasteiger partial charge is 0.253 e. The molecule has 16 nitrogen and oxygen atoms in total.